The number of ether oxygens (including phenoxy) is 5. The summed E-state index contributed by atoms with van der Waals surface area (Å²) in [7, 11) is 1.43. The molecule has 4 aliphatic heterocycles. The Morgan fingerprint density at radius 3 is 2.14 bits per heavy atom. The SMILES string of the molecule is COC1/C=C/OC2(C)Oc3c(C)c(OC(=O)c4ccc(C)cc4)c4c(c3C2=O)C(=O)C(N2CCCC2)=C(NC(=O)/C(C)=C\C=C\C(C)C(O)C(C)C(O)C(C)C(OC(C)=O)C1C)C4=O. The van der Waals surface area contributed by atoms with Gasteiger partial charge in [0, 0.05) is 68.9 Å². The van der Waals surface area contributed by atoms with Crippen molar-refractivity contribution in [3.05, 3.63) is 105 Å². The topological polar surface area (TPSA) is 204 Å². The number of nitrogens with zero attached hydrogens (tertiary/aromatic N) is 1. The number of likely N-dealkylation sites (tertiary alicyclic amines) is 1. The maximum absolute atomic E-state index is 15.1. The van der Waals surface area contributed by atoms with Crippen LogP contribution in [0.25, 0.3) is 0 Å². The molecule has 1 saturated heterocycles. The van der Waals surface area contributed by atoms with Crippen LogP contribution in [0, 0.1) is 37.5 Å². The summed E-state index contributed by atoms with van der Waals surface area (Å²) in [5.41, 5.74) is -0.259. The van der Waals surface area contributed by atoms with Crippen molar-refractivity contribution in [1.82, 2.24) is 10.2 Å². The number of benzene rings is 2. The molecular weight excluding hydrogens is 825 g/mol. The number of rotatable bonds is 5. The fraction of sp³-hybridized carbons (Fsp3) is 0.469. The van der Waals surface area contributed by atoms with Gasteiger partial charge in [0.25, 0.3) is 11.7 Å². The number of fused-ring (bicyclic) bond motifs is 14. The van der Waals surface area contributed by atoms with Crippen LogP contribution in [0.5, 0.6) is 11.5 Å². The van der Waals surface area contributed by atoms with E-state index in [4.69, 9.17) is 23.7 Å². The number of carbonyl (C=O) groups is 6. The quantitative estimate of drug-likeness (QED) is 0.237. The second-order valence-electron chi connectivity index (χ2n) is 17.4. The number of aryl methyl sites for hydroxylation is 1. The standard InChI is InChI=1S/C49H58N2O13/c1-24-16-18-32(19-17-24)48(59)63-44-30(7)45-36-34-35(44)41(55)37(38(42(34)56)51-21-11-12-22-51)50-47(58)26(3)15-13-14-25(2)39(53)28(5)40(54)29(6)43(62-31(8)52)27(4)33(60-10)20-23-61-49(9,64-45)46(36)57/h13-20,23,25,27-29,33,39-40,43,53-54H,11-12,21-22H2,1-10H3,(H,50,58)/b14-13+,23-20+,26-15-. The van der Waals surface area contributed by atoms with Gasteiger partial charge in [0.1, 0.15) is 29.0 Å². The van der Waals surface area contributed by atoms with Gasteiger partial charge in [0.15, 0.2) is 0 Å². The third-order valence-electron chi connectivity index (χ3n) is 12.8. The van der Waals surface area contributed by atoms with Gasteiger partial charge >= 0.3 is 17.7 Å². The average Bonchev–Trinajstić information content (AvgIpc) is 3.89. The van der Waals surface area contributed by atoms with Crippen molar-refractivity contribution in [3.63, 3.8) is 0 Å². The lowest BCUT2D eigenvalue weighted by atomic mass is 9.78. The minimum absolute atomic E-state index is 0.0488. The number of ketones is 3. The zero-order valence-electron chi connectivity index (χ0n) is 38.0. The summed E-state index contributed by atoms with van der Waals surface area (Å²) in [5, 5.41) is 25.7. The van der Waals surface area contributed by atoms with E-state index < -0.39 is 94.6 Å². The molecule has 0 aromatic heterocycles. The first-order valence-electron chi connectivity index (χ1n) is 21.6. The van der Waals surface area contributed by atoms with Gasteiger partial charge in [-0.25, -0.2) is 4.79 Å². The van der Waals surface area contributed by atoms with Gasteiger partial charge in [0.2, 0.25) is 11.6 Å². The Bertz CT molecular complexity index is 2350. The van der Waals surface area contributed by atoms with E-state index in [1.807, 2.05) is 6.92 Å². The molecule has 15 nitrogen and oxygen atoms in total. The van der Waals surface area contributed by atoms with Crippen molar-refractivity contribution in [2.24, 2.45) is 23.7 Å². The molecule has 0 spiro atoms. The first kappa shape index (κ1) is 47.6. The van der Waals surface area contributed by atoms with E-state index in [0.29, 0.717) is 25.9 Å². The maximum atomic E-state index is 15.1. The highest BCUT2D eigenvalue weighted by atomic mass is 16.7. The summed E-state index contributed by atoms with van der Waals surface area (Å²) in [4.78, 5) is 86.9. The van der Waals surface area contributed by atoms with E-state index in [1.54, 1.807) is 69.0 Å². The van der Waals surface area contributed by atoms with E-state index >= 15 is 9.59 Å². The molecule has 2 aromatic carbocycles. The summed E-state index contributed by atoms with van der Waals surface area (Å²) in [6.07, 6.45) is 4.79. The van der Waals surface area contributed by atoms with Crippen LogP contribution in [0.4, 0.5) is 0 Å². The number of allylic oxidation sites excluding steroid dienone is 4. The summed E-state index contributed by atoms with van der Waals surface area (Å²) >= 11 is 0. The van der Waals surface area contributed by atoms with Crippen molar-refractivity contribution < 1.29 is 62.7 Å². The van der Waals surface area contributed by atoms with E-state index in [9.17, 15) is 29.4 Å². The van der Waals surface area contributed by atoms with Gasteiger partial charge in [-0.15, -0.1) is 0 Å². The van der Waals surface area contributed by atoms with Crippen LogP contribution in [-0.4, -0.2) is 101 Å². The second kappa shape index (κ2) is 19.1. The monoisotopic (exact) mass is 882 g/mol. The van der Waals surface area contributed by atoms with Crippen LogP contribution >= 0.6 is 0 Å². The minimum Gasteiger partial charge on any atom is -0.462 e. The number of carbonyl (C=O) groups excluding carboxylic acids is 6. The average molecular weight is 883 g/mol. The molecule has 0 saturated carbocycles. The maximum Gasteiger partial charge on any atom is 0.343 e. The number of Topliss-reactive ketones (excluding diaryl/α,β-unsaturated/α-hetero) is 3. The number of aliphatic hydroxyl groups is 2. The molecule has 1 aliphatic carbocycles. The van der Waals surface area contributed by atoms with E-state index in [0.717, 1.165) is 5.56 Å². The summed E-state index contributed by atoms with van der Waals surface area (Å²) < 4.78 is 29.9. The zero-order chi connectivity index (χ0) is 46.9. The highest BCUT2D eigenvalue weighted by Gasteiger charge is 2.53. The predicted octanol–water partition coefficient (Wildman–Crippen LogP) is 5.88. The van der Waals surface area contributed by atoms with Gasteiger partial charge < -0.3 is 44.1 Å². The third kappa shape index (κ3) is 9.06. The molecule has 2 aromatic rings. The molecule has 342 valence electrons. The van der Waals surface area contributed by atoms with Crippen LogP contribution in [0.2, 0.25) is 0 Å². The molecule has 7 rings (SSSR count). The normalized spacial score (nSPS) is 30.8. The molecular formula is C49H58N2O13. The summed E-state index contributed by atoms with van der Waals surface area (Å²) in [6.45, 7) is 15.1. The first-order chi connectivity index (χ1) is 30.2. The van der Waals surface area contributed by atoms with Crippen molar-refractivity contribution in [1.29, 1.82) is 0 Å². The Balaban J connectivity index is 1.55. The molecule has 1 fully saturated rings. The lowest BCUT2D eigenvalue weighted by Crippen LogP contribution is -2.46. The van der Waals surface area contributed by atoms with Crippen molar-refractivity contribution >= 4 is 35.2 Å². The number of hydrogen-bond donors (Lipinski definition) is 3. The third-order valence-corrected chi connectivity index (χ3v) is 12.8. The van der Waals surface area contributed by atoms with Crippen LogP contribution in [0.1, 0.15) is 114 Å². The zero-order valence-corrected chi connectivity index (χ0v) is 38.0. The van der Waals surface area contributed by atoms with Gasteiger partial charge in [-0.05, 0) is 51.8 Å². The Hall–Kier alpha value is -5.90. The molecule has 64 heavy (non-hydrogen) atoms. The van der Waals surface area contributed by atoms with Crippen molar-refractivity contribution in [3.8, 4) is 11.5 Å². The number of methoxy groups -OCH3 is 1. The fourth-order valence-corrected chi connectivity index (χ4v) is 8.87. The van der Waals surface area contributed by atoms with Crippen molar-refractivity contribution in [2.75, 3.05) is 20.2 Å². The number of hydrogen-bond acceptors (Lipinski definition) is 14. The highest BCUT2D eigenvalue weighted by Crippen LogP contribution is 2.50. The molecule has 1 amide bonds. The number of esters is 2. The number of amides is 1. The van der Waals surface area contributed by atoms with Gasteiger partial charge in [-0.3, -0.25) is 24.0 Å². The van der Waals surface area contributed by atoms with Crippen molar-refractivity contribution in [2.45, 2.75) is 105 Å². The Morgan fingerprint density at radius 1 is 0.859 bits per heavy atom. The summed E-state index contributed by atoms with van der Waals surface area (Å²) in [5.74, 6) is -9.78. The molecule has 15 heteroatoms. The first-order valence-corrected chi connectivity index (χ1v) is 21.6. The predicted molar refractivity (Wildman–Crippen MR) is 233 cm³/mol. The van der Waals surface area contributed by atoms with Crippen LogP contribution in [0.15, 0.2) is 71.8 Å². The molecule has 9 atom stereocenters. The second-order valence-corrected chi connectivity index (χ2v) is 17.4. The van der Waals surface area contributed by atoms with Gasteiger partial charge in [-0.2, -0.15) is 0 Å². The van der Waals surface area contributed by atoms with Crippen LogP contribution in [0.3, 0.4) is 0 Å². The van der Waals surface area contributed by atoms with Crippen LogP contribution in [-0.2, 0) is 23.8 Å². The molecule has 4 heterocycles. The number of nitrogens with one attached hydrogen (secondary N) is 1. The number of aliphatic hydroxyl groups excluding tert-OH is 2. The van der Waals surface area contributed by atoms with E-state index in [2.05, 4.69) is 5.32 Å². The van der Waals surface area contributed by atoms with E-state index in [1.165, 1.54) is 53.2 Å². The largest absolute Gasteiger partial charge is 0.462 e. The minimum atomic E-state index is -2.13. The van der Waals surface area contributed by atoms with Gasteiger partial charge in [-0.1, -0.05) is 63.6 Å². The highest BCUT2D eigenvalue weighted by molar-refractivity contribution is 6.32. The lowest BCUT2D eigenvalue weighted by molar-refractivity contribution is -0.160. The Labute approximate surface area is 373 Å². The lowest BCUT2D eigenvalue weighted by Gasteiger charge is -2.38. The molecule has 9 unspecified atom stereocenters. The molecule has 5 bridgehead atoms. The Kier molecular flexibility index (Phi) is 14.2. The summed E-state index contributed by atoms with van der Waals surface area (Å²) in [6, 6.07) is 6.53. The molecule has 5 aliphatic rings. The fourth-order valence-electron chi connectivity index (χ4n) is 8.87. The van der Waals surface area contributed by atoms with Gasteiger partial charge in [0.05, 0.1) is 46.8 Å². The molecule has 0 radical (unpaired) electrons. The smallest absolute Gasteiger partial charge is 0.343 e. The van der Waals surface area contributed by atoms with E-state index in [-0.39, 0.29) is 50.7 Å². The van der Waals surface area contributed by atoms with Crippen LogP contribution < -0.4 is 14.8 Å². The Morgan fingerprint density at radius 2 is 1.52 bits per heavy atom. The molecule has 3 N–H and O–H groups in total.